The van der Waals surface area contributed by atoms with E-state index in [9.17, 15) is 9.90 Å². The van der Waals surface area contributed by atoms with Crippen molar-refractivity contribution >= 4 is 5.97 Å². The van der Waals surface area contributed by atoms with E-state index >= 15 is 0 Å². The zero-order chi connectivity index (χ0) is 10.7. The summed E-state index contributed by atoms with van der Waals surface area (Å²) in [6, 6.07) is 3.77. The Morgan fingerprint density at radius 3 is 2.64 bits per heavy atom. The van der Waals surface area contributed by atoms with Crippen LogP contribution in [0.5, 0.6) is 5.75 Å². The second-order valence-corrected chi connectivity index (χ2v) is 2.92. The fourth-order valence-electron chi connectivity index (χ4n) is 1.09. The molecule has 0 aliphatic rings. The molecule has 5 heteroatoms. The molecule has 76 valence electrons. The van der Waals surface area contributed by atoms with Crippen LogP contribution < -0.4 is 11.5 Å². The van der Waals surface area contributed by atoms with E-state index in [1.54, 1.807) is 6.07 Å². The lowest BCUT2D eigenvalue weighted by Crippen LogP contribution is -2.21. The van der Waals surface area contributed by atoms with Gasteiger partial charge in [-0.15, -0.1) is 0 Å². The second-order valence-electron chi connectivity index (χ2n) is 2.92. The molecule has 0 heterocycles. The van der Waals surface area contributed by atoms with Crippen LogP contribution in [0, 0.1) is 0 Å². The second kappa shape index (κ2) is 4.08. The Hall–Kier alpha value is -1.59. The van der Waals surface area contributed by atoms with Crippen molar-refractivity contribution in [3.63, 3.8) is 0 Å². The third-order valence-corrected chi connectivity index (χ3v) is 1.93. The monoisotopic (exact) mass is 196 g/mol. The quantitative estimate of drug-likeness (QED) is 0.546. The molecular weight excluding hydrogens is 184 g/mol. The van der Waals surface area contributed by atoms with Crippen LogP contribution in [0.3, 0.4) is 0 Å². The lowest BCUT2D eigenvalue weighted by atomic mass is 10.0. The van der Waals surface area contributed by atoms with Crippen molar-refractivity contribution in [2.24, 2.45) is 11.5 Å². The molecule has 0 saturated heterocycles. The SMILES string of the molecule is NC[C@H](N)c1ccc(O)c(C(=O)O)c1. The van der Waals surface area contributed by atoms with Crippen molar-refractivity contribution in [2.75, 3.05) is 6.54 Å². The Morgan fingerprint density at radius 1 is 1.50 bits per heavy atom. The molecule has 1 aromatic carbocycles. The lowest BCUT2D eigenvalue weighted by Gasteiger charge is -2.10. The van der Waals surface area contributed by atoms with Gasteiger partial charge in [-0.1, -0.05) is 6.07 Å². The van der Waals surface area contributed by atoms with Gasteiger partial charge in [0.2, 0.25) is 0 Å². The largest absolute Gasteiger partial charge is 0.507 e. The molecule has 0 unspecified atom stereocenters. The van der Waals surface area contributed by atoms with Crippen molar-refractivity contribution in [1.82, 2.24) is 0 Å². The van der Waals surface area contributed by atoms with Crippen molar-refractivity contribution in [3.05, 3.63) is 29.3 Å². The smallest absolute Gasteiger partial charge is 0.339 e. The van der Waals surface area contributed by atoms with E-state index in [-0.39, 0.29) is 17.9 Å². The van der Waals surface area contributed by atoms with Crippen LogP contribution in [0.15, 0.2) is 18.2 Å². The summed E-state index contributed by atoms with van der Waals surface area (Å²) in [5.74, 6) is -1.46. The summed E-state index contributed by atoms with van der Waals surface area (Å²) < 4.78 is 0. The predicted octanol–water partition coefficient (Wildman–Crippen LogP) is 0.0489. The van der Waals surface area contributed by atoms with E-state index in [0.717, 1.165) is 0 Å². The Labute approximate surface area is 81.0 Å². The van der Waals surface area contributed by atoms with Gasteiger partial charge in [-0.05, 0) is 17.7 Å². The molecular formula is C9H12N2O3. The molecule has 1 rings (SSSR count). The fraction of sp³-hybridized carbons (Fsp3) is 0.222. The minimum absolute atomic E-state index is 0.161. The van der Waals surface area contributed by atoms with Crippen LogP contribution >= 0.6 is 0 Å². The lowest BCUT2D eigenvalue weighted by molar-refractivity contribution is 0.0693. The molecule has 0 aromatic heterocycles. The van der Waals surface area contributed by atoms with E-state index < -0.39 is 12.0 Å². The zero-order valence-corrected chi connectivity index (χ0v) is 7.47. The molecule has 5 nitrogen and oxygen atoms in total. The summed E-state index contributed by atoms with van der Waals surface area (Å²) in [4.78, 5) is 10.7. The first-order chi connectivity index (χ1) is 6.56. The molecule has 0 radical (unpaired) electrons. The molecule has 0 aliphatic carbocycles. The van der Waals surface area contributed by atoms with Crippen molar-refractivity contribution in [1.29, 1.82) is 0 Å². The molecule has 6 N–H and O–H groups in total. The zero-order valence-electron chi connectivity index (χ0n) is 7.47. The first kappa shape index (κ1) is 10.5. The highest BCUT2D eigenvalue weighted by Crippen LogP contribution is 2.20. The van der Waals surface area contributed by atoms with Crippen molar-refractivity contribution in [2.45, 2.75) is 6.04 Å². The van der Waals surface area contributed by atoms with Crippen LogP contribution in [0.4, 0.5) is 0 Å². The standard InChI is InChI=1S/C9H12N2O3/c10-4-7(11)5-1-2-8(12)6(3-5)9(13)14/h1-3,7,12H,4,10-11H2,(H,13,14)/t7-/m0/s1. The first-order valence-electron chi connectivity index (χ1n) is 4.08. The molecule has 0 aliphatic heterocycles. The van der Waals surface area contributed by atoms with E-state index in [2.05, 4.69) is 0 Å². The van der Waals surface area contributed by atoms with E-state index in [1.165, 1.54) is 12.1 Å². The van der Waals surface area contributed by atoms with Crippen LogP contribution in [0.1, 0.15) is 22.0 Å². The molecule has 0 bridgehead atoms. The number of aromatic hydroxyl groups is 1. The van der Waals surface area contributed by atoms with Gasteiger partial charge in [-0.2, -0.15) is 0 Å². The summed E-state index contributed by atoms with van der Waals surface area (Å²) in [7, 11) is 0. The Balaban J connectivity index is 3.12. The number of nitrogens with two attached hydrogens (primary N) is 2. The van der Waals surface area contributed by atoms with E-state index in [0.29, 0.717) is 5.56 Å². The van der Waals surface area contributed by atoms with Gasteiger partial charge in [0, 0.05) is 12.6 Å². The number of hydrogen-bond donors (Lipinski definition) is 4. The molecule has 14 heavy (non-hydrogen) atoms. The topological polar surface area (TPSA) is 110 Å². The molecule has 0 saturated carbocycles. The van der Waals surface area contributed by atoms with Gasteiger partial charge in [-0.25, -0.2) is 4.79 Å². The summed E-state index contributed by atoms with van der Waals surface area (Å²) in [5.41, 5.74) is 11.4. The van der Waals surface area contributed by atoms with Gasteiger partial charge >= 0.3 is 5.97 Å². The average Bonchev–Trinajstić information content (AvgIpc) is 2.17. The van der Waals surface area contributed by atoms with Crippen molar-refractivity contribution < 1.29 is 15.0 Å². The Kier molecular flexibility index (Phi) is 3.06. The number of rotatable bonds is 3. The van der Waals surface area contributed by atoms with Crippen LogP contribution in [-0.2, 0) is 0 Å². The van der Waals surface area contributed by atoms with Gasteiger partial charge in [0.25, 0.3) is 0 Å². The van der Waals surface area contributed by atoms with Crippen LogP contribution in [-0.4, -0.2) is 22.7 Å². The fourth-order valence-corrected chi connectivity index (χ4v) is 1.09. The summed E-state index contributed by atoms with van der Waals surface area (Å²) in [5, 5.41) is 17.9. The number of hydrogen-bond acceptors (Lipinski definition) is 4. The molecule has 0 fully saturated rings. The summed E-state index contributed by atoms with van der Waals surface area (Å²) in [6.07, 6.45) is 0. The third-order valence-electron chi connectivity index (χ3n) is 1.93. The van der Waals surface area contributed by atoms with Gasteiger partial charge in [-0.3, -0.25) is 0 Å². The number of carbonyl (C=O) groups is 1. The Morgan fingerprint density at radius 2 is 2.14 bits per heavy atom. The summed E-state index contributed by atoms with van der Waals surface area (Å²) in [6.45, 7) is 0.226. The first-order valence-corrected chi connectivity index (χ1v) is 4.08. The van der Waals surface area contributed by atoms with Crippen molar-refractivity contribution in [3.8, 4) is 5.75 Å². The third kappa shape index (κ3) is 2.01. The predicted molar refractivity (Wildman–Crippen MR) is 51.0 cm³/mol. The minimum atomic E-state index is -1.19. The maximum absolute atomic E-state index is 10.7. The normalized spacial score (nSPS) is 12.4. The highest BCUT2D eigenvalue weighted by atomic mass is 16.4. The minimum Gasteiger partial charge on any atom is -0.507 e. The number of carboxylic acid groups (broad SMARTS) is 1. The van der Waals surface area contributed by atoms with E-state index in [4.69, 9.17) is 16.6 Å². The Bertz CT molecular complexity index is 352. The maximum atomic E-state index is 10.7. The molecule has 0 spiro atoms. The van der Waals surface area contributed by atoms with Gasteiger partial charge < -0.3 is 21.7 Å². The van der Waals surface area contributed by atoms with Gasteiger partial charge in [0.05, 0.1) is 0 Å². The molecule has 1 aromatic rings. The number of carboxylic acids is 1. The highest BCUT2D eigenvalue weighted by molar-refractivity contribution is 5.90. The maximum Gasteiger partial charge on any atom is 0.339 e. The molecule has 0 amide bonds. The van der Waals surface area contributed by atoms with Gasteiger partial charge in [0.15, 0.2) is 0 Å². The van der Waals surface area contributed by atoms with Crippen LogP contribution in [0.2, 0.25) is 0 Å². The summed E-state index contributed by atoms with van der Waals surface area (Å²) >= 11 is 0. The highest BCUT2D eigenvalue weighted by Gasteiger charge is 2.12. The van der Waals surface area contributed by atoms with E-state index in [1.807, 2.05) is 0 Å². The average molecular weight is 196 g/mol. The number of aromatic carboxylic acids is 1. The van der Waals surface area contributed by atoms with Gasteiger partial charge in [0.1, 0.15) is 11.3 Å². The molecule has 1 atom stereocenters. The van der Waals surface area contributed by atoms with Crippen LogP contribution in [0.25, 0.3) is 0 Å². The number of benzene rings is 1. The number of phenols is 1.